The van der Waals surface area contributed by atoms with Crippen molar-refractivity contribution in [1.29, 1.82) is 0 Å². The van der Waals surface area contributed by atoms with E-state index in [1.165, 1.54) is 12.5 Å². The monoisotopic (exact) mass is 285 g/mol. The molecule has 0 saturated carbocycles. The number of Topliss-reactive ketones (excluding diaryl/α,β-unsaturated/α-hetero) is 1. The fourth-order valence-corrected chi connectivity index (χ4v) is 1.99. The fraction of sp³-hybridized carbons (Fsp3) is 0.308. The van der Waals surface area contributed by atoms with Gasteiger partial charge in [0.2, 0.25) is 5.78 Å². The molecule has 0 bridgehead atoms. The van der Waals surface area contributed by atoms with Crippen LogP contribution in [-0.4, -0.2) is 33.0 Å². The summed E-state index contributed by atoms with van der Waals surface area (Å²) >= 11 is 0. The topological polar surface area (TPSA) is 106 Å². The molecular weight excluding hydrogens is 274 g/mol. The summed E-state index contributed by atoms with van der Waals surface area (Å²) in [5.74, 6) is -1.32. The predicted molar refractivity (Wildman–Crippen MR) is 71.2 cm³/mol. The molecule has 0 amide bonds. The predicted octanol–water partition coefficient (Wildman–Crippen LogP) is -0.518. The second-order valence-electron chi connectivity index (χ2n) is 5.48. The van der Waals surface area contributed by atoms with Gasteiger partial charge in [-0.2, -0.15) is 0 Å². The summed E-state index contributed by atoms with van der Waals surface area (Å²) in [5.41, 5.74) is -0.613. The van der Waals surface area contributed by atoms with Gasteiger partial charge in [-0.3, -0.25) is 4.79 Å². The molecule has 8 nitrogen and oxygen atoms in total. The molecule has 106 valence electrons. The Hall–Kier alpha value is -2.77. The van der Waals surface area contributed by atoms with Crippen LogP contribution in [0.1, 0.15) is 20.8 Å². The molecule has 1 aromatic heterocycles. The number of aromatic nitrogens is 2. The second kappa shape index (κ2) is 4.37. The van der Waals surface area contributed by atoms with Crippen LogP contribution in [0.15, 0.2) is 28.0 Å². The molecule has 0 saturated heterocycles. The van der Waals surface area contributed by atoms with Crippen molar-refractivity contribution in [2.45, 2.75) is 26.4 Å². The highest BCUT2D eigenvalue weighted by atomic mass is 16.6. The number of ketones is 1. The summed E-state index contributed by atoms with van der Waals surface area (Å²) < 4.78 is 5.28. The minimum absolute atomic E-state index is 0.00191. The van der Waals surface area contributed by atoms with Crippen LogP contribution in [0.3, 0.4) is 0 Å². The molecule has 8 heteroatoms. The van der Waals surface area contributed by atoms with Gasteiger partial charge in [-0.15, -0.1) is 10.2 Å². The van der Waals surface area contributed by atoms with Gasteiger partial charge in [0.25, 0.3) is 0 Å². The Morgan fingerprint density at radius 1 is 1.29 bits per heavy atom. The van der Waals surface area contributed by atoms with Gasteiger partial charge in [0.1, 0.15) is 28.5 Å². The van der Waals surface area contributed by atoms with E-state index in [2.05, 4.69) is 25.4 Å². The van der Waals surface area contributed by atoms with E-state index in [1.54, 1.807) is 20.8 Å². The smallest absolute Gasteiger partial charge is 0.343 e. The first kappa shape index (κ1) is 13.2. The van der Waals surface area contributed by atoms with Crippen LogP contribution < -0.4 is 10.6 Å². The summed E-state index contributed by atoms with van der Waals surface area (Å²) in [5, 5.41) is 11.6. The lowest BCUT2D eigenvalue weighted by atomic mass is 9.97. The highest BCUT2D eigenvalue weighted by Crippen LogP contribution is 2.18. The van der Waals surface area contributed by atoms with Gasteiger partial charge < -0.3 is 4.74 Å². The lowest BCUT2D eigenvalue weighted by Crippen LogP contribution is -2.45. The number of hydrogen-bond donors (Lipinski definition) is 0. The Morgan fingerprint density at radius 2 is 2.05 bits per heavy atom. The Morgan fingerprint density at radius 3 is 2.76 bits per heavy atom. The molecule has 21 heavy (non-hydrogen) atoms. The van der Waals surface area contributed by atoms with Crippen molar-refractivity contribution >= 4 is 28.7 Å². The lowest BCUT2D eigenvalue weighted by Gasteiger charge is -2.20. The molecule has 0 aromatic carbocycles. The minimum atomic E-state index is -0.739. The first-order valence-electron chi connectivity index (χ1n) is 6.20. The third kappa shape index (κ3) is 2.14. The average Bonchev–Trinajstić information content (AvgIpc) is 2.86. The van der Waals surface area contributed by atoms with Crippen LogP contribution in [0, 0.1) is 0 Å². The van der Waals surface area contributed by atoms with E-state index >= 15 is 0 Å². The average molecular weight is 285 g/mol. The Kier molecular flexibility index (Phi) is 2.75. The maximum absolute atomic E-state index is 12.4. The van der Waals surface area contributed by atoms with Crippen molar-refractivity contribution in [2.75, 3.05) is 0 Å². The van der Waals surface area contributed by atoms with E-state index in [1.807, 2.05) is 0 Å². The summed E-state index contributed by atoms with van der Waals surface area (Å²) in [4.78, 5) is 32.7. The normalized spacial score (nSPS) is 16.5. The highest BCUT2D eigenvalue weighted by molar-refractivity contribution is 6.70. The number of carbonyl (C=O) groups is 2. The van der Waals surface area contributed by atoms with Crippen LogP contribution in [0.2, 0.25) is 0 Å². The number of ether oxygens (including phenoxy) is 1. The largest absolute Gasteiger partial charge is 0.456 e. The van der Waals surface area contributed by atoms with Crippen LogP contribution in [-0.2, 0) is 14.3 Å². The van der Waals surface area contributed by atoms with Gasteiger partial charge in [0.15, 0.2) is 5.71 Å². The van der Waals surface area contributed by atoms with Crippen molar-refractivity contribution in [3.63, 3.8) is 0 Å². The van der Waals surface area contributed by atoms with Crippen LogP contribution in [0.5, 0.6) is 0 Å². The van der Waals surface area contributed by atoms with Gasteiger partial charge in [-0.1, -0.05) is 0 Å². The molecule has 0 radical (unpaired) electrons. The molecule has 0 unspecified atom stereocenters. The number of esters is 1. The van der Waals surface area contributed by atoms with E-state index in [0.717, 1.165) is 0 Å². The molecule has 2 aliphatic rings. The zero-order chi connectivity index (χ0) is 15.2. The number of nitrogens with zero attached hydrogens (tertiary/aromatic N) is 5. The Labute approximate surface area is 119 Å². The highest BCUT2D eigenvalue weighted by Gasteiger charge is 2.36. The fourth-order valence-electron chi connectivity index (χ4n) is 1.99. The molecule has 0 spiro atoms. The number of hydrogen-bond acceptors (Lipinski definition) is 8. The van der Waals surface area contributed by atoms with E-state index < -0.39 is 17.4 Å². The maximum atomic E-state index is 12.4. The number of rotatable bonds is 1. The van der Waals surface area contributed by atoms with Crippen molar-refractivity contribution in [3.05, 3.63) is 23.1 Å². The molecule has 1 aromatic rings. The van der Waals surface area contributed by atoms with Crippen molar-refractivity contribution in [2.24, 2.45) is 15.4 Å². The van der Waals surface area contributed by atoms with Crippen molar-refractivity contribution < 1.29 is 14.3 Å². The van der Waals surface area contributed by atoms with Gasteiger partial charge >= 0.3 is 5.97 Å². The van der Waals surface area contributed by atoms with E-state index in [0.29, 0.717) is 5.35 Å². The summed E-state index contributed by atoms with van der Waals surface area (Å²) in [6.45, 7) is 5.16. The zero-order valence-electron chi connectivity index (χ0n) is 11.6. The van der Waals surface area contributed by atoms with Crippen LogP contribution >= 0.6 is 0 Å². The van der Waals surface area contributed by atoms with Gasteiger partial charge in [0, 0.05) is 11.4 Å². The Bertz CT molecular complexity index is 845. The van der Waals surface area contributed by atoms with Gasteiger partial charge in [0.05, 0.1) is 0 Å². The first-order valence-corrected chi connectivity index (χ1v) is 6.20. The van der Waals surface area contributed by atoms with Gasteiger partial charge in [-0.25, -0.2) is 14.8 Å². The standard InChI is InChI=1S/C13H11N5O3/c1-13(2,3)21-12(20)7-6-4-14-5-15-8(6)9-10(11(7)19)17-18-16-9/h4-5H,1-3H3. The van der Waals surface area contributed by atoms with Crippen LogP contribution in [0.4, 0.5) is 0 Å². The molecule has 0 N–H and O–H groups in total. The third-order valence-electron chi connectivity index (χ3n) is 2.76. The third-order valence-corrected chi connectivity index (χ3v) is 2.76. The van der Waals surface area contributed by atoms with E-state index in [-0.39, 0.29) is 22.2 Å². The molecule has 1 aliphatic carbocycles. The first-order chi connectivity index (χ1) is 9.88. The molecule has 2 heterocycles. The van der Waals surface area contributed by atoms with E-state index in [9.17, 15) is 9.59 Å². The van der Waals surface area contributed by atoms with Crippen molar-refractivity contribution in [3.8, 4) is 0 Å². The quantitative estimate of drug-likeness (QED) is 0.645. The summed E-state index contributed by atoms with van der Waals surface area (Å²) in [6.07, 6.45) is 2.69. The Balaban J connectivity index is 2.30. The molecule has 1 aliphatic heterocycles. The second-order valence-corrected chi connectivity index (χ2v) is 5.48. The van der Waals surface area contributed by atoms with Crippen molar-refractivity contribution in [1.82, 2.24) is 9.97 Å². The summed E-state index contributed by atoms with van der Waals surface area (Å²) in [6, 6.07) is 0. The minimum Gasteiger partial charge on any atom is -0.456 e. The number of fused-ring (bicyclic) bond motifs is 2. The lowest BCUT2D eigenvalue weighted by molar-refractivity contribution is -0.147. The molecular formula is C13H11N5O3. The van der Waals surface area contributed by atoms with E-state index in [4.69, 9.17) is 4.74 Å². The molecule has 3 rings (SSSR count). The maximum Gasteiger partial charge on any atom is 0.343 e. The molecule has 0 atom stereocenters. The summed E-state index contributed by atoms with van der Waals surface area (Å²) in [7, 11) is 0. The molecule has 0 fully saturated rings. The van der Waals surface area contributed by atoms with Gasteiger partial charge in [-0.05, 0) is 26.0 Å². The number of carbonyl (C=O) groups excluding carboxylic acids is 2. The zero-order valence-corrected chi connectivity index (χ0v) is 11.6. The van der Waals surface area contributed by atoms with Crippen LogP contribution in [0.25, 0.3) is 11.3 Å². The SMILES string of the molecule is CC(C)(C)OC(=O)C1=c2cncnc2=C2N=NN=C2C1=O.